The molecule has 0 spiro atoms. The van der Waals surface area contributed by atoms with Gasteiger partial charge >= 0.3 is 5.97 Å². The zero-order valence-electron chi connectivity index (χ0n) is 11.6. The second kappa shape index (κ2) is 5.69. The van der Waals surface area contributed by atoms with E-state index in [0.717, 1.165) is 11.6 Å². The number of carbonyl (C=O) groups excluding carboxylic acids is 2. The first kappa shape index (κ1) is 15.0. The average Bonchev–Trinajstić information content (AvgIpc) is 2.27. The summed E-state index contributed by atoms with van der Waals surface area (Å²) in [5.74, 6) is -2.03. The van der Waals surface area contributed by atoms with Crippen molar-refractivity contribution >= 4 is 11.8 Å². The molecule has 0 aliphatic heterocycles. The largest absolute Gasteiger partial charge is 0.502 e. The van der Waals surface area contributed by atoms with Crippen molar-refractivity contribution in [3.8, 4) is 0 Å². The van der Waals surface area contributed by atoms with E-state index >= 15 is 0 Å². The lowest BCUT2D eigenvalue weighted by Gasteiger charge is -2.18. The third-order valence-electron chi connectivity index (χ3n) is 2.29. The van der Waals surface area contributed by atoms with E-state index in [1.54, 1.807) is 45.9 Å². The minimum Gasteiger partial charge on any atom is -0.502 e. The van der Waals surface area contributed by atoms with Crippen molar-refractivity contribution in [2.45, 2.75) is 33.3 Å². The van der Waals surface area contributed by atoms with Crippen LogP contribution in [0.2, 0.25) is 0 Å². The number of aryl methyl sites for hydroxylation is 1. The molecule has 0 fully saturated rings. The molecule has 1 aromatic rings. The minimum absolute atomic E-state index is 0.429. The molecule has 0 unspecified atom stereocenters. The van der Waals surface area contributed by atoms with Crippen molar-refractivity contribution in [3.05, 3.63) is 47.2 Å². The number of carbonyl (C=O) groups is 2. The number of aliphatic hydroxyl groups is 1. The Bertz CT molecular complexity index is 521. The van der Waals surface area contributed by atoms with Crippen molar-refractivity contribution in [3.63, 3.8) is 0 Å². The molecule has 0 heterocycles. The Kier molecular flexibility index (Phi) is 4.48. The van der Waals surface area contributed by atoms with Crippen LogP contribution in [0.5, 0.6) is 0 Å². The summed E-state index contributed by atoms with van der Waals surface area (Å²) in [6.45, 7) is 6.83. The lowest BCUT2D eigenvalue weighted by atomic mass is 10.0. The molecule has 1 rings (SSSR count). The summed E-state index contributed by atoms with van der Waals surface area (Å²) >= 11 is 0. The maximum Gasteiger partial charge on any atom is 0.374 e. The first-order chi connectivity index (χ1) is 8.70. The number of benzene rings is 1. The van der Waals surface area contributed by atoms with Crippen molar-refractivity contribution < 1.29 is 19.4 Å². The third kappa shape index (κ3) is 4.58. The Labute approximate surface area is 112 Å². The first-order valence-corrected chi connectivity index (χ1v) is 5.94. The van der Waals surface area contributed by atoms with Gasteiger partial charge in [-0.2, -0.15) is 0 Å². The van der Waals surface area contributed by atoms with Crippen LogP contribution in [0.4, 0.5) is 0 Å². The van der Waals surface area contributed by atoms with Gasteiger partial charge in [-0.15, -0.1) is 0 Å². The SMILES string of the molecule is Cc1ccccc1C(=O)C=C(O)C(=O)OC(C)(C)C. The number of ketones is 1. The lowest BCUT2D eigenvalue weighted by Crippen LogP contribution is -2.25. The zero-order chi connectivity index (χ0) is 14.6. The second-order valence-corrected chi connectivity index (χ2v) is 5.21. The van der Waals surface area contributed by atoms with Crippen LogP contribution in [-0.2, 0) is 9.53 Å². The van der Waals surface area contributed by atoms with E-state index in [0.29, 0.717) is 5.56 Å². The average molecular weight is 262 g/mol. The quantitative estimate of drug-likeness (QED) is 0.393. The summed E-state index contributed by atoms with van der Waals surface area (Å²) in [5, 5.41) is 9.57. The number of ether oxygens (including phenoxy) is 1. The van der Waals surface area contributed by atoms with Crippen LogP contribution in [0.3, 0.4) is 0 Å². The molecule has 1 N–H and O–H groups in total. The molecule has 102 valence electrons. The van der Waals surface area contributed by atoms with Gasteiger partial charge in [0, 0.05) is 11.6 Å². The summed E-state index contributed by atoms with van der Waals surface area (Å²) < 4.78 is 4.96. The van der Waals surface area contributed by atoms with E-state index in [9.17, 15) is 14.7 Å². The predicted molar refractivity (Wildman–Crippen MR) is 72.1 cm³/mol. The van der Waals surface area contributed by atoms with Crippen molar-refractivity contribution in [1.82, 2.24) is 0 Å². The zero-order valence-corrected chi connectivity index (χ0v) is 11.6. The summed E-state index contributed by atoms with van der Waals surface area (Å²) in [6.07, 6.45) is 0.885. The van der Waals surface area contributed by atoms with E-state index in [1.165, 1.54) is 0 Å². The van der Waals surface area contributed by atoms with Gasteiger partial charge in [0.25, 0.3) is 0 Å². The van der Waals surface area contributed by atoms with Crippen LogP contribution in [-0.4, -0.2) is 22.5 Å². The van der Waals surface area contributed by atoms with E-state index < -0.39 is 23.1 Å². The Hall–Kier alpha value is -2.10. The summed E-state index contributed by atoms with van der Waals surface area (Å²) in [6, 6.07) is 6.95. The maximum absolute atomic E-state index is 11.9. The van der Waals surface area contributed by atoms with Crippen molar-refractivity contribution in [2.75, 3.05) is 0 Å². The number of rotatable bonds is 3. The fourth-order valence-electron chi connectivity index (χ4n) is 1.44. The molecule has 1 aromatic carbocycles. The molecular formula is C15H18O4. The van der Waals surface area contributed by atoms with Crippen LogP contribution in [0.15, 0.2) is 36.1 Å². The molecule has 0 bridgehead atoms. The summed E-state index contributed by atoms with van der Waals surface area (Å²) in [5.41, 5.74) is 0.503. The molecule has 4 nitrogen and oxygen atoms in total. The van der Waals surface area contributed by atoms with E-state index in [-0.39, 0.29) is 0 Å². The van der Waals surface area contributed by atoms with Crippen LogP contribution >= 0.6 is 0 Å². The number of hydrogen-bond acceptors (Lipinski definition) is 4. The van der Waals surface area contributed by atoms with Crippen molar-refractivity contribution in [1.29, 1.82) is 0 Å². The smallest absolute Gasteiger partial charge is 0.374 e. The highest BCUT2D eigenvalue weighted by Gasteiger charge is 2.20. The number of hydrogen-bond donors (Lipinski definition) is 1. The standard InChI is InChI=1S/C15H18O4/c1-10-7-5-6-8-11(10)12(16)9-13(17)14(18)19-15(2,3)4/h5-9,17H,1-4H3. The van der Waals surface area contributed by atoms with Gasteiger partial charge in [0.05, 0.1) is 0 Å². The van der Waals surface area contributed by atoms with Crippen LogP contribution in [0.1, 0.15) is 36.7 Å². The Morgan fingerprint density at radius 2 is 1.79 bits per heavy atom. The van der Waals surface area contributed by atoms with Gasteiger partial charge in [-0.05, 0) is 33.3 Å². The molecule has 4 heteroatoms. The van der Waals surface area contributed by atoms with Gasteiger partial charge in [0.1, 0.15) is 5.60 Å². The van der Waals surface area contributed by atoms with E-state index in [1.807, 2.05) is 6.07 Å². The van der Waals surface area contributed by atoms with Crippen LogP contribution in [0.25, 0.3) is 0 Å². The third-order valence-corrected chi connectivity index (χ3v) is 2.29. The molecule has 0 aromatic heterocycles. The summed E-state index contributed by atoms with van der Waals surface area (Å²) in [4.78, 5) is 23.4. The lowest BCUT2D eigenvalue weighted by molar-refractivity contribution is -0.153. The molecule has 0 amide bonds. The molecule has 0 saturated carbocycles. The molecule has 0 aliphatic carbocycles. The highest BCUT2D eigenvalue weighted by atomic mass is 16.6. The van der Waals surface area contributed by atoms with Gasteiger partial charge in [-0.1, -0.05) is 24.3 Å². The van der Waals surface area contributed by atoms with Crippen LogP contribution < -0.4 is 0 Å². The highest BCUT2D eigenvalue weighted by molar-refractivity contribution is 6.08. The molecule has 0 saturated heterocycles. The molecule has 0 atom stereocenters. The first-order valence-electron chi connectivity index (χ1n) is 5.94. The molecule has 19 heavy (non-hydrogen) atoms. The molecule has 0 aliphatic rings. The Morgan fingerprint density at radius 1 is 1.21 bits per heavy atom. The second-order valence-electron chi connectivity index (χ2n) is 5.21. The van der Waals surface area contributed by atoms with E-state index in [4.69, 9.17) is 4.74 Å². The molecule has 0 radical (unpaired) electrons. The summed E-state index contributed by atoms with van der Waals surface area (Å²) in [7, 11) is 0. The highest BCUT2D eigenvalue weighted by Crippen LogP contribution is 2.12. The van der Waals surface area contributed by atoms with Gasteiger partial charge in [0.2, 0.25) is 5.76 Å². The maximum atomic E-state index is 11.9. The fraction of sp³-hybridized carbons (Fsp3) is 0.333. The van der Waals surface area contributed by atoms with Gasteiger partial charge in [-0.3, -0.25) is 4.79 Å². The fourth-order valence-corrected chi connectivity index (χ4v) is 1.44. The monoisotopic (exact) mass is 262 g/mol. The van der Waals surface area contributed by atoms with E-state index in [2.05, 4.69) is 0 Å². The Morgan fingerprint density at radius 3 is 2.32 bits per heavy atom. The topological polar surface area (TPSA) is 63.6 Å². The number of allylic oxidation sites excluding steroid dienone is 1. The predicted octanol–water partition coefficient (Wildman–Crippen LogP) is 2.96. The van der Waals surface area contributed by atoms with Gasteiger partial charge in [-0.25, -0.2) is 4.79 Å². The molecular weight excluding hydrogens is 244 g/mol. The number of esters is 1. The normalized spacial score (nSPS) is 12.1. The van der Waals surface area contributed by atoms with Crippen molar-refractivity contribution in [2.24, 2.45) is 0 Å². The Balaban J connectivity index is 2.88. The minimum atomic E-state index is -0.908. The van der Waals surface area contributed by atoms with Gasteiger partial charge < -0.3 is 9.84 Å². The van der Waals surface area contributed by atoms with Gasteiger partial charge in [0.15, 0.2) is 5.78 Å². The van der Waals surface area contributed by atoms with Crippen LogP contribution in [0, 0.1) is 6.92 Å². The number of aliphatic hydroxyl groups excluding tert-OH is 1.